The van der Waals surface area contributed by atoms with Crippen molar-refractivity contribution in [3.63, 3.8) is 0 Å². The van der Waals surface area contributed by atoms with Crippen molar-refractivity contribution < 1.29 is 9.53 Å². The zero-order valence-corrected chi connectivity index (χ0v) is 15.8. The molecule has 5 heteroatoms. The van der Waals surface area contributed by atoms with Gasteiger partial charge in [-0.05, 0) is 42.2 Å². The molecule has 3 rings (SSSR count). The van der Waals surface area contributed by atoms with Gasteiger partial charge < -0.3 is 9.30 Å². The number of carbonyl (C=O) groups excluding carboxylic acids is 1. The topological polar surface area (TPSA) is 43.6 Å². The van der Waals surface area contributed by atoms with E-state index in [2.05, 4.69) is 30.1 Å². The van der Waals surface area contributed by atoms with E-state index in [0.29, 0.717) is 6.42 Å². The van der Waals surface area contributed by atoms with Crippen LogP contribution in [0.25, 0.3) is 10.2 Å². The smallest absolute Gasteiger partial charge is 0.252 e. The fourth-order valence-electron chi connectivity index (χ4n) is 3.05. The second kappa shape index (κ2) is 7.23. The van der Waals surface area contributed by atoms with Crippen LogP contribution in [-0.2, 0) is 24.7 Å². The number of fused-ring (bicyclic) bond motifs is 1. The molecule has 0 spiro atoms. The molecule has 0 saturated carbocycles. The predicted octanol–water partition coefficient (Wildman–Crippen LogP) is 3.79. The number of nitrogens with zero attached hydrogens (tertiary/aromatic N) is 2. The van der Waals surface area contributed by atoms with Gasteiger partial charge in [0.25, 0.3) is 5.91 Å². The molecule has 0 atom stereocenters. The van der Waals surface area contributed by atoms with Crippen molar-refractivity contribution in [1.29, 1.82) is 0 Å². The van der Waals surface area contributed by atoms with Crippen molar-refractivity contribution in [2.24, 2.45) is 12.0 Å². The van der Waals surface area contributed by atoms with Gasteiger partial charge in [0.2, 0.25) is 0 Å². The molecular weight excluding hydrogens is 332 g/mol. The third-order valence-corrected chi connectivity index (χ3v) is 5.42. The minimum atomic E-state index is -0.134. The van der Waals surface area contributed by atoms with E-state index in [-0.39, 0.29) is 5.91 Å². The maximum Gasteiger partial charge on any atom is 0.252 e. The Kier molecular flexibility index (Phi) is 5.04. The first-order valence-corrected chi connectivity index (χ1v) is 9.13. The molecule has 0 N–H and O–H groups in total. The monoisotopic (exact) mass is 354 g/mol. The van der Waals surface area contributed by atoms with E-state index >= 15 is 0 Å². The standard InChI is InChI=1S/C20H22N2O2S/c1-5-15-7-6-8-17-19(15)22(3)20(25-17)21-18(23)12-14-9-10-16(24-4)13(2)11-14/h6-11H,5,12H2,1-4H3. The number of benzene rings is 2. The van der Waals surface area contributed by atoms with Gasteiger partial charge in [0, 0.05) is 7.05 Å². The number of methoxy groups -OCH3 is 1. The number of para-hydroxylation sites is 1. The van der Waals surface area contributed by atoms with E-state index in [9.17, 15) is 4.79 Å². The van der Waals surface area contributed by atoms with E-state index in [1.54, 1.807) is 18.4 Å². The van der Waals surface area contributed by atoms with E-state index < -0.39 is 0 Å². The minimum absolute atomic E-state index is 0.134. The molecule has 0 radical (unpaired) electrons. The molecular formula is C20H22N2O2S. The van der Waals surface area contributed by atoms with Gasteiger partial charge in [-0.2, -0.15) is 4.99 Å². The third kappa shape index (κ3) is 3.51. The van der Waals surface area contributed by atoms with E-state index in [1.807, 2.05) is 36.7 Å². The molecule has 0 unspecified atom stereocenters. The van der Waals surface area contributed by atoms with Crippen molar-refractivity contribution in [3.8, 4) is 5.75 Å². The first kappa shape index (κ1) is 17.4. The van der Waals surface area contributed by atoms with Crippen LogP contribution in [0.15, 0.2) is 41.4 Å². The normalized spacial score (nSPS) is 11.9. The van der Waals surface area contributed by atoms with Gasteiger partial charge in [-0.25, -0.2) is 0 Å². The van der Waals surface area contributed by atoms with Gasteiger partial charge in [0.05, 0.1) is 23.7 Å². The lowest BCUT2D eigenvalue weighted by Gasteiger charge is -2.06. The fraction of sp³-hybridized carbons (Fsp3) is 0.300. The molecule has 0 saturated heterocycles. The van der Waals surface area contributed by atoms with Gasteiger partial charge in [0.1, 0.15) is 5.75 Å². The lowest BCUT2D eigenvalue weighted by Crippen LogP contribution is -2.14. The van der Waals surface area contributed by atoms with Crippen LogP contribution in [0, 0.1) is 6.92 Å². The highest BCUT2D eigenvalue weighted by molar-refractivity contribution is 7.16. The highest BCUT2D eigenvalue weighted by atomic mass is 32.1. The van der Waals surface area contributed by atoms with Crippen molar-refractivity contribution in [2.75, 3.05) is 7.11 Å². The van der Waals surface area contributed by atoms with Crippen molar-refractivity contribution >= 4 is 27.5 Å². The average molecular weight is 354 g/mol. The number of rotatable bonds is 4. The average Bonchev–Trinajstić information content (AvgIpc) is 2.91. The maximum absolute atomic E-state index is 12.4. The van der Waals surface area contributed by atoms with Crippen LogP contribution in [0.3, 0.4) is 0 Å². The molecule has 1 aromatic heterocycles. The molecule has 0 aliphatic heterocycles. The molecule has 2 aromatic carbocycles. The predicted molar refractivity (Wildman–Crippen MR) is 102 cm³/mol. The summed E-state index contributed by atoms with van der Waals surface area (Å²) in [6, 6.07) is 12.1. The van der Waals surface area contributed by atoms with Crippen molar-refractivity contribution in [2.45, 2.75) is 26.7 Å². The first-order chi connectivity index (χ1) is 12.0. The highest BCUT2D eigenvalue weighted by Crippen LogP contribution is 2.21. The van der Waals surface area contributed by atoms with Crippen molar-refractivity contribution in [1.82, 2.24) is 4.57 Å². The van der Waals surface area contributed by atoms with Crippen LogP contribution in [0.1, 0.15) is 23.6 Å². The molecule has 0 bridgehead atoms. The van der Waals surface area contributed by atoms with Gasteiger partial charge >= 0.3 is 0 Å². The summed E-state index contributed by atoms with van der Waals surface area (Å²) in [5.74, 6) is 0.695. The summed E-state index contributed by atoms with van der Waals surface area (Å²) in [6.45, 7) is 4.11. The van der Waals surface area contributed by atoms with E-state index in [1.165, 1.54) is 11.1 Å². The van der Waals surface area contributed by atoms with E-state index in [0.717, 1.165) is 32.8 Å². The third-order valence-electron chi connectivity index (χ3n) is 4.32. The summed E-state index contributed by atoms with van der Waals surface area (Å²) in [6.07, 6.45) is 1.25. The Labute approximate surface area is 151 Å². The summed E-state index contributed by atoms with van der Waals surface area (Å²) < 4.78 is 8.45. The number of hydrogen-bond acceptors (Lipinski definition) is 3. The summed E-state index contributed by atoms with van der Waals surface area (Å²) in [5, 5.41) is 0. The molecule has 1 heterocycles. The molecule has 0 aliphatic carbocycles. The van der Waals surface area contributed by atoms with Gasteiger partial charge in [-0.15, -0.1) is 0 Å². The van der Waals surface area contributed by atoms with Crippen LogP contribution < -0.4 is 9.54 Å². The summed E-state index contributed by atoms with van der Waals surface area (Å²) in [5.41, 5.74) is 4.41. The largest absolute Gasteiger partial charge is 0.496 e. The zero-order valence-electron chi connectivity index (χ0n) is 15.0. The second-order valence-corrected chi connectivity index (χ2v) is 7.06. The Balaban J connectivity index is 1.93. The minimum Gasteiger partial charge on any atom is -0.496 e. The van der Waals surface area contributed by atoms with Crippen LogP contribution >= 0.6 is 11.3 Å². The van der Waals surface area contributed by atoms with Gasteiger partial charge in [-0.1, -0.05) is 42.5 Å². The number of amides is 1. The number of ether oxygens (including phenoxy) is 1. The Bertz CT molecular complexity index is 999. The Morgan fingerprint density at radius 1 is 1.28 bits per heavy atom. The highest BCUT2D eigenvalue weighted by Gasteiger charge is 2.09. The molecule has 25 heavy (non-hydrogen) atoms. The quantitative estimate of drug-likeness (QED) is 0.715. The molecule has 0 aliphatic rings. The van der Waals surface area contributed by atoms with Crippen LogP contribution in [0.2, 0.25) is 0 Å². The Hall–Kier alpha value is -2.40. The first-order valence-electron chi connectivity index (χ1n) is 8.32. The summed E-state index contributed by atoms with van der Waals surface area (Å²) in [4.78, 5) is 17.5. The Morgan fingerprint density at radius 3 is 2.76 bits per heavy atom. The lowest BCUT2D eigenvalue weighted by atomic mass is 10.1. The maximum atomic E-state index is 12.4. The molecule has 0 fully saturated rings. The number of hydrogen-bond donors (Lipinski definition) is 0. The van der Waals surface area contributed by atoms with Crippen LogP contribution in [0.4, 0.5) is 0 Å². The number of aromatic nitrogens is 1. The SMILES string of the molecule is CCc1cccc2sc(=NC(=O)Cc3ccc(OC)c(C)c3)n(C)c12. The van der Waals surface area contributed by atoms with E-state index in [4.69, 9.17) is 4.74 Å². The second-order valence-electron chi connectivity index (χ2n) is 6.05. The van der Waals surface area contributed by atoms with Gasteiger partial charge in [0.15, 0.2) is 4.80 Å². The molecule has 130 valence electrons. The zero-order chi connectivity index (χ0) is 18.0. The summed E-state index contributed by atoms with van der Waals surface area (Å²) in [7, 11) is 3.62. The lowest BCUT2D eigenvalue weighted by molar-refractivity contribution is -0.117. The van der Waals surface area contributed by atoms with Crippen molar-refractivity contribution in [3.05, 3.63) is 57.9 Å². The fourth-order valence-corrected chi connectivity index (χ4v) is 4.13. The Morgan fingerprint density at radius 2 is 2.08 bits per heavy atom. The number of carbonyl (C=O) groups is 1. The van der Waals surface area contributed by atoms with Crippen LogP contribution in [-0.4, -0.2) is 17.6 Å². The van der Waals surface area contributed by atoms with Gasteiger partial charge in [-0.3, -0.25) is 4.79 Å². The molecule has 4 nitrogen and oxygen atoms in total. The number of aryl methyl sites for hydroxylation is 3. The summed E-state index contributed by atoms with van der Waals surface area (Å²) >= 11 is 1.56. The number of thiazole rings is 1. The molecule has 1 amide bonds. The van der Waals surface area contributed by atoms with Crippen LogP contribution in [0.5, 0.6) is 5.75 Å². The molecule has 3 aromatic rings.